The van der Waals surface area contributed by atoms with E-state index in [4.69, 9.17) is 4.74 Å². The second kappa shape index (κ2) is 5.15. The van der Waals surface area contributed by atoms with E-state index >= 15 is 0 Å². The Bertz CT molecular complexity index is 249. The summed E-state index contributed by atoms with van der Waals surface area (Å²) in [4.78, 5) is 16.4. The number of piperidine rings is 1. The highest BCUT2D eigenvalue weighted by atomic mass is 16.5. The number of hydrogen-bond donors (Lipinski definition) is 0. The summed E-state index contributed by atoms with van der Waals surface area (Å²) >= 11 is 0. The van der Waals surface area contributed by atoms with Crippen LogP contribution >= 0.6 is 0 Å². The van der Waals surface area contributed by atoms with Gasteiger partial charge in [-0.3, -0.25) is 9.69 Å². The van der Waals surface area contributed by atoms with Crippen molar-refractivity contribution in [2.75, 3.05) is 33.8 Å². The van der Waals surface area contributed by atoms with Crippen LogP contribution in [0.3, 0.4) is 0 Å². The number of rotatable bonds is 2. The molecule has 1 atom stereocenters. The van der Waals surface area contributed by atoms with Gasteiger partial charge in [-0.15, -0.1) is 0 Å². The van der Waals surface area contributed by atoms with Crippen LogP contribution in [0.15, 0.2) is 0 Å². The van der Waals surface area contributed by atoms with Crippen molar-refractivity contribution in [3.63, 3.8) is 0 Å². The molecule has 1 unspecified atom stereocenters. The summed E-state index contributed by atoms with van der Waals surface area (Å²) in [6.45, 7) is 3.36. The van der Waals surface area contributed by atoms with E-state index in [-0.39, 0.29) is 12.0 Å². The van der Waals surface area contributed by atoms with Gasteiger partial charge in [0.05, 0.1) is 7.11 Å². The summed E-state index contributed by atoms with van der Waals surface area (Å²) in [5, 5.41) is 0. The summed E-state index contributed by atoms with van der Waals surface area (Å²) in [7, 11) is 3.66. The molecule has 2 fully saturated rings. The van der Waals surface area contributed by atoms with Gasteiger partial charge in [-0.2, -0.15) is 0 Å². The number of carbonyl (C=O) groups excluding carboxylic acids is 1. The number of nitrogens with zero attached hydrogens (tertiary/aromatic N) is 2. The molecule has 0 N–H and O–H groups in total. The summed E-state index contributed by atoms with van der Waals surface area (Å²) < 4.78 is 4.89. The van der Waals surface area contributed by atoms with E-state index in [0.717, 1.165) is 32.5 Å². The molecule has 0 radical (unpaired) electrons. The average molecular weight is 226 g/mol. The smallest absolute Gasteiger partial charge is 0.323 e. The lowest BCUT2D eigenvalue weighted by Gasteiger charge is -2.37. The van der Waals surface area contributed by atoms with Gasteiger partial charge in [-0.05, 0) is 52.4 Å². The summed E-state index contributed by atoms with van der Waals surface area (Å²) in [6.07, 6.45) is 4.47. The molecule has 4 nitrogen and oxygen atoms in total. The number of hydrogen-bond acceptors (Lipinski definition) is 4. The molecule has 0 aromatic rings. The first-order valence-corrected chi connectivity index (χ1v) is 6.24. The van der Waals surface area contributed by atoms with Crippen molar-refractivity contribution in [3.8, 4) is 0 Å². The van der Waals surface area contributed by atoms with Gasteiger partial charge in [0.15, 0.2) is 0 Å². The Morgan fingerprint density at radius 3 is 2.50 bits per heavy atom. The fraction of sp³-hybridized carbons (Fsp3) is 0.917. The Labute approximate surface area is 97.5 Å². The van der Waals surface area contributed by atoms with E-state index in [9.17, 15) is 4.79 Å². The van der Waals surface area contributed by atoms with Gasteiger partial charge in [-0.1, -0.05) is 0 Å². The highest BCUT2D eigenvalue weighted by molar-refractivity contribution is 5.76. The molecule has 0 saturated carbocycles. The first-order valence-electron chi connectivity index (χ1n) is 6.24. The minimum absolute atomic E-state index is 0.0263. The van der Waals surface area contributed by atoms with Crippen LogP contribution in [-0.2, 0) is 9.53 Å². The fourth-order valence-electron chi connectivity index (χ4n) is 2.94. The molecule has 0 bridgehead atoms. The van der Waals surface area contributed by atoms with Gasteiger partial charge in [0, 0.05) is 6.04 Å². The zero-order chi connectivity index (χ0) is 11.5. The van der Waals surface area contributed by atoms with E-state index in [2.05, 4.69) is 16.8 Å². The first-order chi connectivity index (χ1) is 7.72. The largest absolute Gasteiger partial charge is 0.468 e. The van der Waals surface area contributed by atoms with Crippen molar-refractivity contribution in [3.05, 3.63) is 0 Å². The zero-order valence-electron chi connectivity index (χ0n) is 10.3. The minimum atomic E-state index is -0.0450. The topological polar surface area (TPSA) is 32.8 Å². The van der Waals surface area contributed by atoms with Crippen LogP contribution in [0, 0.1) is 0 Å². The van der Waals surface area contributed by atoms with Gasteiger partial charge >= 0.3 is 5.97 Å². The van der Waals surface area contributed by atoms with Crippen LogP contribution in [0.2, 0.25) is 0 Å². The Kier molecular flexibility index (Phi) is 3.82. The van der Waals surface area contributed by atoms with Crippen LogP contribution in [-0.4, -0.2) is 61.6 Å². The van der Waals surface area contributed by atoms with Gasteiger partial charge < -0.3 is 9.64 Å². The summed E-state index contributed by atoms with van der Waals surface area (Å²) in [5.41, 5.74) is 0. The normalized spacial score (nSPS) is 29.5. The first kappa shape index (κ1) is 11.9. The number of ether oxygens (including phenoxy) is 1. The molecule has 0 aliphatic carbocycles. The SMILES string of the molecule is COC(=O)C1CCCN1C1CCN(C)CC1. The molecule has 2 aliphatic rings. The molecule has 2 heterocycles. The van der Waals surface area contributed by atoms with Crippen LogP contribution in [0.5, 0.6) is 0 Å². The molecular formula is C12H22N2O2. The van der Waals surface area contributed by atoms with Gasteiger partial charge in [0.1, 0.15) is 6.04 Å². The van der Waals surface area contributed by atoms with Crippen molar-refractivity contribution in [2.45, 2.75) is 37.8 Å². The quantitative estimate of drug-likeness (QED) is 0.650. The lowest BCUT2D eigenvalue weighted by Crippen LogP contribution is -2.48. The molecular weight excluding hydrogens is 204 g/mol. The van der Waals surface area contributed by atoms with E-state index in [1.54, 1.807) is 0 Å². The molecule has 4 heteroatoms. The highest BCUT2D eigenvalue weighted by Gasteiger charge is 2.36. The molecule has 16 heavy (non-hydrogen) atoms. The summed E-state index contributed by atoms with van der Waals surface area (Å²) in [6, 6.07) is 0.612. The summed E-state index contributed by atoms with van der Waals surface area (Å²) in [5.74, 6) is -0.0450. The molecule has 0 spiro atoms. The highest BCUT2D eigenvalue weighted by Crippen LogP contribution is 2.26. The number of methoxy groups -OCH3 is 1. The molecule has 2 rings (SSSR count). The van der Waals surface area contributed by atoms with Crippen molar-refractivity contribution < 1.29 is 9.53 Å². The molecule has 0 amide bonds. The maximum atomic E-state index is 11.7. The third kappa shape index (κ3) is 2.38. The molecule has 0 aromatic carbocycles. The predicted molar refractivity (Wildman–Crippen MR) is 62.3 cm³/mol. The Balaban J connectivity index is 1.94. The number of likely N-dealkylation sites (tertiary alicyclic amines) is 2. The molecule has 92 valence electrons. The zero-order valence-corrected chi connectivity index (χ0v) is 10.3. The Morgan fingerprint density at radius 2 is 1.88 bits per heavy atom. The minimum Gasteiger partial charge on any atom is -0.468 e. The van der Waals surface area contributed by atoms with Crippen molar-refractivity contribution >= 4 is 5.97 Å². The second-order valence-electron chi connectivity index (χ2n) is 4.95. The van der Waals surface area contributed by atoms with E-state index in [0.29, 0.717) is 6.04 Å². The van der Waals surface area contributed by atoms with Crippen molar-refractivity contribution in [1.82, 2.24) is 9.80 Å². The second-order valence-corrected chi connectivity index (χ2v) is 4.95. The molecule has 2 aliphatic heterocycles. The lowest BCUT2D eigenvalue weighted by molar-refractivity contribution is -0.147. The Morgan fingerprint density at radius 1 is 1.19 bits per heavy atom. The maximum Gasteiger partial charge on any atom is 0.323 e. The standard InChI is InChI=1S/C12H22N2O2/c1-13-8-5-10(6-9-13)14-7-3-4-11(14)12(15)16-2/h10-11H,3-9H2,1-2H3. The van der Waals surface area contributed by atoms with E-state index in [1.165, 1.54) is 20.0 Å². The molecule has 2 saturated heterocycles. The van der Waals surface area contributed by atoms with Gasteiger partial charge in [0.2, 0.25) is 0 Å². The van der Waals surface area contributed by atoms with Crippen LogP contribution in [0.1, 0.15) is 25.7 Å². The monoisotopic (exact) mass is 226 g/mol. The van der Waals surface area contributed by atoms with Crippen molar-refractivity contribution in [1.29, 1.82) is 0 Å². The number of esters is 1. The van der Waals surface area contributed by atoms with E-state index < -0.39 is 0 Å². The average Bonchev–Trinajstić information content (AvgIpc) is 2.78. The van der Waals surface area contributed by atoms with Crippen LogP contribution in [0.25, 0.3) is 0 Å². The lowest BCUT2D eigenvalue weighted by atomic mass is 10.0. The predicted octanol–water partition coefficient (Wildman–Crippen LogP) is 0.718. The van der Waals surface area contributed by atoms with Crippen LogP contribution < -0.4 is 0 Å². The third-order valence-corrected chi connectivity index (χ3v) is 3.92. The maximum absolute atomic E-state index is 11.7. The van der Waals surface area contributed by atoms with Gasteiger partial charge in [0.25, 0.3) is 0 Å². The molecule has 0 aromatic heterocycles. The fourth-order valence-corrected chi connectivity index (χ4v) is 2.94. The third-order valence-electron chi connectivity index (χ3n) is 3.92. The Hall–Kier alpha value is -0.610. The van der Waals surface area contributed by atoms with E-state index in [1.807, 2.05) is 0 Å². The number of carbonyl (C=O) groups is 1. The van der Waals surface area contributed by atoms with Crippen LogP contribution in [0.4, 0.5) is 0 Å². The van der Waals surface area contributed by atoms with Crippen molar-refractivity contribution in [2.24, 2.45) is 0 Å². The van der Waals surface area contributed by atoms with Gasteiger partial charge in [-0.25, -0.2) is 0 Å².